The Labute approximate surface area is 117 Å². The molecule has 2 amide bonds. The molecule has 2 aliphatic rings. The summed E-state index contributed by atoms with van der Waals surface area (Å²) < 4.78 is 5.31. The topological polar surface area (TPSA) is 72.6 Å². The van der Waals surface area contributed by atoms with Crippen molar-refractivity contribution < 1.29 is 14.3 Å². The van der Waals surface area contributed by atoms with E-state index in [1.54, 1.807) is 7.11 Å². The van der Waals surface area contributed by atoms with Crippen LogP contribution in [0.25, 0.3) is 0 Å². The quantitative estimate of drug-likeness (QED) is 0.838. The van der Waals surface area contributed by atoms with Crippen LogP contribution in [0.2, 0.25) is 0 Å². The van der Waals surface area contributed by atoms with Crippen molar-refractivity contribution in [3.8, 4) is 5.75 Å². The van der Waals surface area contributed by atoms with E-state index in [-0.39, 0.29) is 36.2 Å². The second kappa shape index (κ2) is 4.59. The van der Waals surface area contributed by atoms with Crippen LogP contribution in [0.15, 0.2) is 18.2 Å². The number of benzene rings is 1. The summed E-state index contributed by atoms with van der Waals surface area (Å²) in [5.41, 5.74) is 7.67. The van der Waals surface area contributed by atoms with Gasteiger partial charge in [0.15, 0.2) is 0 Å². The maximum Gasteiger partial charge on any atom is 0.233 e. The monoisotopic (exact) mass is 274 g/mol. The standard InChI is InChI=1S/C15H18N2O3/c1-8(16)9-3-4-13(20-2)10(5-9)7-17-14(18)11-6-12(11)15(17)19/h3-5,8,11-12H,6-7,16H2,1-2H3. The first-order valence-electron chi connectivity index (χ1n) is 6.80. The van der Waals surface area contributed by atoms with Gasteiger partial charge in [0, 0.05) is 11.6 Å². The highest BCUT2D eigenvalue weighted by atomic mass is 16.5. The Morgan fingerprint density at radius 2 is 2.00 bits per heavy atom. The van der Waals surface area contributed by atoms with E-state index in [2.05, 4.69) is 0 Å². The number of ether oxygens (including phenoxy) is 1. The Morgan fingerprint density at radius 3 is 2.55 bits per heavy atom. The lowest BCUT2D eigenvalue weighted by Crippen LogP contribution is -2.32. The number of hydrogen-bond donors (Lipinski definition) is 1. The van der Waals surface area contributed by atoms with E-state index in [1.807, 2.05) is 25.1 Å². The normalized spacial score (nSPS) is 25.6. The number of rotatable bonds is 4. The number of likely N-dealkylation sites (tertiary alicyclic amines) is 1. The summed E-state index contributed by atoms with van der Waals surface area (Å²) in [5.74, 6) is 0.451. The largest absolute Gasteiger partial charge is 0.496 e. The van der Waals surface area contributed by atoms with Crippen molar-refractivity contribution in [2.75, 3.05) is 7.11 Å². The van der Waals surface area contributed by atoms with Crippen LogP contribution < -0.4 is 10.5 Å². The zero-order chi connectivity index (χ0) is 14.4. The van der Waals surface area contributed by atoms with Gasteiger partial charge in [-0.15, -0.1) is 0 Å². The van der Waals surface area contributed by atoms with Crippen LogP contribution in [-0.2, 0) is 16.1 Å². The molecule has 1 saturated carbocycles. The van der Waals surface area contributed by atoms with Crippen molar-refractivity contribution in [3.63, 3.8) is 0 Å². The third-order valence-corrected chi connectivity index (χ3v) is 4.12. The van der Waals surface area contributed by atoms with Crippen molar-refractivity contribution in [3.05, 3.63) is 29.3 Å². The fourth-order valence-electron chi connectivity index (χ4n) is 2.78. The number of imide groups is 1. The van der Waals surface area contributed by atoms with Gasteiger partial charge in [-0.3, -0.25) is 14.5 Å². The molecule has 2 fully saturated rings. The second-order valence-corrected chi connectivity index (χ2v) is 5.57. The zero-order valence-electron chi connectivity index (χ0n) is 11.6. The summed E-state index contributed by atoms with van der Waals surface area (Å²) in [4.78, 5) is 25.4. The van der Waals surface area contributed by atoms with Crippen molar-refractivity contribution in [2.24, 2.45) is 17.6 Å². The minimum absolute atomic E-state index is 0.0479. The number of amides is 2. The minimum atomic E-state index is -0.0990. The van der Waals surface area contributed by atoms with Gasteiger partial charge < -0.3 is 10.5 Å². The summed E-state index contributed by atoms with van der Waals surface area (Å²) in [6, 6.07) is 5.55. The van der Waals surface area contributed by atoms with E-state index in [0.29, 0.717) is 5.75 Å². The van der Waals surface area contributed by atoms with Gasteiger partial charge in [-0.1, -0.05) is 6.07 Å². The Hall–Kier alpha value is -1.88. The van der Waals surface area contributed by atoms with Crippen molar-refractivity contribution in [1.29, 1.82) is 0 Å². The molecular weight excluding hydrogens is 256 g/mol. The molecule has 3 rings (SSSR count). The zero-order valence-corrected chi connectivity index (χ0v) is 11.6. The molecule has 0 aromatic heterocycles. The molecule has 2 N–H and O–H groups in total. The minimum Gasteiger partial charge on any atom is -0.496 e. The lowest BCUT2D eigenvalue weighted by atomic mass is 10.0. The number of carbonyl (C=O) groups is 2. The van der Waals surface area contributed by atoms with Crippen LogP contribution in [0.1, 0.15) is 30.5 Å². The van der Waals surface area contributed by atoms with Crippen LogP contribution >= 0.6 is 0 Å². The number of fused-ring (bicyclic) bond motifs is 1. The number of hydrogen-bond acceptors (Lipinski definition) is 4. The van der Waals surface area contributed by atoms with Gasteiger partial charge in [-0.2, -0.15) is 0 Å². The van der Waals surface area contributed by atoms with E-state index in [0.717, 1.165) is 17.5 Å². The van der Waals surface area contributed by atoms with Crippen LogP contribution in [0.5, 0.6) is 5.75 Å². The molecule has 20 heavy (non-hydrogen) atoms. The fourth-order valence-corrected chi connectivity index (χ4v) is 2.78. The highest BCUT2D eigenvalue weighted by Gasteiger charge is 2.58. The van der Waals surface area contributed by atoms with Gasteiger partial charge in [-0.25, -0.2) is 0 Å². The average Bonchev–Trinajstić information content (AvgIpc) is 3.19. The predicted molar refractivity (Wildman–Crippen MR) is 72.8 cm³/mol. The predicted octanol–water partition coefficient (Wildman–Crippen LogP) is 1.22. The SMILES string of the molecule is COc1ccc(C(C)N)cc1CN1C(=O)C2CC2C1=O. The molecule has 1 saturated heterocycles. The van der Waals surface area contributed by atoms with E-state index in [9.17, 15) is 9.59 Å². The molecule has 3 atom stereocenters. The van der Waals surface area contributed by atoms with E-state index in [4.69, 9.17) is 10.5 Å². The van der Waals surface area contributed by atoms with Crippen molar-refractivity contribution in [2.45, 2.75) is 25.9 Å². The summed E-state index contributed by atoms with van der Waals surface area (Å²) in [6.45, 7) is 2.17. The molecule has 1 aromatic carbocycles. The molecule has 1 aliphatic carbocycles. The maximum atomic E-state index is 12.0. The first kappa shape index (κ1) is 13.1. The third-order valence-electron chi connectivity index (χ3n) is 4.12. The Kier molecular flexibility index (Phi) is 3.01. The van der Waals surface area contributed by atoms with Crippen LogP contribution in [0.4, 0.5) is 0 Å². The van der Waals surface area contributed by atoms with Gasteiger partial charge in [0.25, 0.3) is 0 Å². The Morgan fingerprint density at radius 1 is 1.35 bits per heavy atom. The van der Waals surface area contributed by atoms with Crippen molar-refractivity contribution >= 4 is 11.8 Å². The summed E-state index contributed by atoms with van der Waals surface area (Å²) in [6.07, 6.45) is 0.727. The van der Waals surface area contributed by atoms with Gasteiger partial charge >= 0.3 is 0 Å². The number of methoxy groups -OCH3 is 1. The number of nitrogens with zero attached hydrogens (tertiary/aromatic N) is 1. The van der Waals surface area contributed by atoms with Crippen LogP contribution in [0, 0.1) is 11.8 Å². The summed E-state index contributed by atoms with van der Waals surface area (Å²) in [5, 5.41) is 0. The molecule has 106 valence electrons. The average molecular weight is 274 g/mol. The van der Waals surface area contributed by atoms with Gasteiger partial charge in [0.2, 0.25) is 11.8 Å². The molecule has 5 heteroatoms. The Bertz CT molecular complexity index is 562. The molecule has 1 aliphatic heterocycles. The van der Waals surface area contributed by atoms with Crippen LogP contribution in [-0.4, -0.2) is 23.8 Å². The molecule has 5 nitrogen and oxygen atoms in total. The number of piperidine rings is 1. The first-order valence-corrected chi connectivity index (χ1v) is 6.80. The fraction of sp³-hybridized carbons (Fsp3) is 0.467. The molecule has 0 spiro atoms. The van der Waals surface area contributed by atoms with Crippen molar-refractivity contribution in [1.82, 2.24) is 4.90 Å². The highest BCUT2D eigenvalue weighted by molar-refractivity contribution is 6.08. The number of nitrogens with two attached hydrogens (primary N) is 1. The highest BCUT2D eigenvalue weighted by Crippen LogP contribution is 2.47. The first-order chi connectivity index (χ1) is 9.52. The Balaban J connectivity index is 1.87. The molecule has 1 aromatic rings. The van der Waals surface area contributed by atoms with E-state index < -0.39 is 0 Å². The second-order valence-electron chi connectivity index (χ2n) is 5.57. The van der Waals surface area contributed by atoms with E-state index >= 15 is 0 Å². The molecule has 0 radical (unpaired) electrons. The third kappa shape index (κ3) is 1.98. The molecule has 0 bridgehead atoms. The van der Waals surface area contributed by atoms with E-state index in [1.165, 1.54) is 4.90 Å². The van der Waals surface area contributed by atoms with Gasteiger partial charge in [0.05, 0.1) is 25.5 Å². The summed E-state index contributed by atoms with van der Waals surface area (Å²) >= 11 is 0. The van der Waals surface area contributed by atoms with Gasteiger partial charge in [0.1, 0.15) is 5.75 Å². The molecular formula is C15H18N2O3. The number of carbonyl (C=O) groups excluding carboxylic acids is 2. The lowest BCUT2D eigenvalue weighted by molar-refractivity contribution is -0.142. The molecule has 3 unspecified atom stereocenters. The molecule has 1 heterocycles. The lowest BCUT2D eigenvalue weighted by Gasteiger charge is -2.19. The van der Waals surface area contributed by atoms with Crippen LogP contribution in [0.3, 0.4) is 0 Å². The smallest absolute Gasteiger partial charge is 0.233 e. The maximum absolute atomic E-state index is 12.0. The summed E-state index contributed by atoms with van der Waals surface area (Å²) in [7, 11) is 1.58. The van der Waals surface area contributed by atoms with Gasteiger partial charge in [-0.05, 0) is 31.0 Å².